The van der Waals surface area contributed by atoms with Crippen LogP contribution in [-0.2, 0) is 9.59 Å². The SMILES string of the molecule is CCCC(=O)[13C](=O)O. The van der Waals surface area contributed by atoms with Crippen LogP contribution in [0.15, 0.2) is 0 Å². The van der Waals surface area contributed by atoms with Gasteiger partial charge in [-0.2, -0.15) is 0 Å². The van der Waals surface area contributed by atoms with E-state index in [-0.39, 0.29) is 6.42 Å². The Labute approximate surface area is 47.3 Å². The lowest BCUT2D eigenvalue weighted by atomic mass is 10.3. The first-order valence-corrected chi connectivity index (χ1v) is 2.44. The van der Waals surface area contributed by atoms with Crippen molar-refractivity contribution in [2.45, 2.75) is 19.8 Å². The van der Waals surface area contributed by atoms with Crippen LogP contribution in [0.3, 0.4) is 0 Å². The molecule has 46 valence electrons. The molecule has 3 heteroatoms. The summed E-state index contributed by atoms with van der Waals surface area (Å²) < 4.78 is 0. The van der Waals surface area contributed by atoms with Gasteiger partial charge >= 0.3 is 5.97 Å². The molecule has 0 aliphatic carbocycles. The Morgan fingerprint density at radius 3 is 2.12 bits per heavy atom. The quantitative estimate of drug-likeness (QED) is 0.431. The molecule has 0 spiro atoms. The van der Waals surface area contributed by atoms with Gasteiger partial charge in [0.15, 0.2) is 0 Å². The highest BCUT2D eigenvalue weighted by Gasteiger charge is 2.07. The lowest BCUT2D eigenvalue weighted by Gasteiger charge is -1.85. The summed E-state index contributed by atoms with van der Waals surface area (Å²) in [5.74, 6) is -2.03. The maximum atomic E-state index is 10.1. The van der Waals surface area contributed by atoms with E-state index in [1.54, 1.807) is 6.92 Å². The van der Waals surface area contributed by atoms with Gasteiger partial charge in [-0.1, -0.05) is 6.92 Å². The van der Waals surface area contributed by atoms with Crippen LogP contribution in [0.2, 0.25) is 0 Å². The predicted molar refractivity (Wildman–Crippen MR) is 27.6 cm³/mol. The predicted octanol–water partition coefficient (Wildman–Crippen LogP) is 0.440. The third-order valence-electron chi connectivity index (χ3n) is 0.716. The Hall–Kier alpha value is -0.860. The third kappa shape index (κ3) is 2.34. The van der Waals surface area contributed by atoms with Gasteiger partial charge in [0.1, 0.15) is 0 Å². The molecular formula is C5H8O3. The molecule has 0 bridgehead atoms. The monoisotopic (exact) mass is 117 g/mol. The summed E-state index contributed by atoms with van der Waals surface area (Å²) in [6.07, 6.45) is 0.750. The zero-order valence-corrected chi connectivity index (χ0v) is 4.68. The summed E-state index contributed by atoms with van der Waals surface area (Å²) in [5, 5.41) is 7.96. The van der Waals surface area contributed by atoms with Crippen molar-refractivity contribution in [2.24, 2.45) is 0 Å². The van der Waals surface area contributed by atoms with Crippen molar-refractivity contribution >= 4 is 11.8 Å². The van der Waals surface area contributed by atoms with Crippen LogP contribution in [0.25, 0.3) is 0 Å². The topological polar surface area (TPSA) is 54.4 Å². The first-order chi connectivity index (χ1) is 3.68. The molecule has 8 heavy (non-hydrogen) atoms. The van der Waals surface area contributed by atoms with Crippen LogP contribution < -0.4 is 0 Å². The number of carbonyl (C=O) groups excluding carboxylic acids is 1. The van der Waals surface area contributed by atoms with Crippen LogP contribution in [-0.4, -0.2) is 16.9 Å². The number of carbonyl (C=O) groups is 2. The second-order valence-corrected chi connectivity index (χ2v) is 1.48. The minimum absolute atomic E-state index is 0.148. The van der Waals surface area contributed by atoms with E-state index in [2.05, 4.69) is 0 Å². The Morgan fingerprint density at radius 2 is 2.00 bits per heavy atom. The fourth-order valence-electron chi connectivity index (χ4n) is 0.334. The average molecular weight is 117 g/mol. The van der Waals surface area contributed by atoms with Crippen LogP contribution in [0.4, 0.5) is 0 Å². The molecule has 0 atom stereocenters. The Kier molecular flexibility index (Phi) is 2.84. The zero-order chi connectivity index (χ0) is 6.57. The summed E-state index contributed by atoms with van der Waals surface area (Å²) >= 11 is 0. The number of rotatable bonds is 3. The van der Waals surface area contributed by atoms with E-state index in [1.807, 2.05) is 0 Å². The van der Waals surface area contributed by atoms with E-state index in [0.29, 0.717) is 6.42 Å². The second kappa shape index (κ2) is 3.18. The zero-order valence-electron chi connectivity index (χ0n) is 4.68. The fourth-order valence-corrected chi connectivity index (χ4v) is 0.334. The van der Waals surface area contributed by atoms with Crippen LogP contribution in [0.1, 0.15) is 19.8 Å². The fraction of sp³-hybridized carbons (Fsp3) is 0.600. The average Bonchev–Trinajstić information content (AvgIpc) is 1.67. The highest BCUT2D eigenvalue weighted by atomic mass is 16.5. The lowest BCUT2D eigenvalue weighted by Crippen LogP contribution is -2.10. The minimum atomic E-state index is -1.33. The standard InChI is InChI=1S/C5H8O3/c1-2-3-4(6)5(7)8/h2-3H2,1H3,(H,7,8)/i5+1. The number of carboxylic acids is 1. The van der Waals surface area contributed by atoms with E-state index < -0.39 is 11.8 Å². The molecule has 0 amide bonds. The van der Waals surface area contributed by atoms with Crippen LogP contribution in [0.5, 0.6) is 0 Å². The Morgan fingerprint density at radius 1 is 1.50 bits per heavy atom. The summed E-state index contributed by atoms with van der Waals surface area (Å²) in [4.78, 5) is 19.9. The van der Waals surface area contributed by atoms with Gasteiger partial charge in [-0.05, 0) is 6.42 Å². The van der Waals surface area contributed by atoms with Crippen molar-refractivity contribution in [3.8, 4) is 0 Å². The van der Waals surface area contributed by atoms with E-state index in [4.69, 9.17) is 5.11 Å². The first-order valence-electron chi connectivity index (χ1n) is 2.44. The van der Waals surface area contributed by atoms with Crippen molar-refractivity contribution in [2.75, 3.05) is 0 Å². The van der Waals surface area contributed by atoms with Crippen LogP contribution in [0, 0.1) is 0 Å². The molecule has 0 aliphatic rings. The number of hydrogen-bond acceptors (Lipinski definition) is 2. The second-order valence-electron chi connectivity index (χ2n) is 1.48. The minimum Gasteiger partial charge on any atom is -0.476 e. The van der Waals surface area contributed by atoms with E-state index in [1.165, 1.54) is 0 Å². The van der Waals surface area contributed by atoms with Crippen LogP contribution >= 0.6 is 0 Å². The third-order valence-corrected chi connectivity index (χ3v) is 0.716. The molecule has 0 saturated carbocycles. The Bertz CT molecular complexity index is 106. The molecule has 0 aromatic rings. The Balaban J connectivity index is 3.49. The lowest BCUT2D eigenvalue weighted by molar-refractivity contribution is -0.149. The smallest absolute Gasteiger partial charge is 0.372 e. The molecule has 3 nitrogen and oxygen atoms in total. The maximum Gasteiger partial charge on any atom is 0.372 e. The number of Topliss-reactive ketones (excluding diaryl/α,β-unsaturated/α-hetero) is 1. The van der Waals surface area contributed by atoms with Gasteiger partial charge in [0.05, 0.1) is 0 Å². The maximum absolute atomic E-state index is 10.1. The summed E-state index contributed by atoms with van der Waals surface area (Å²) in [6.45, 7) is 1.76. The van der Waals surface area contributed by atoms with E-state index >= 15 is 0 Å². The number of hydrogen-bond donors (Lipinski definition) is 1. The van der Waals surface area contributed by atoms with Gasteiger partial charge in [-0.3, -0.25) is 4.79 Å². The molecule has 0 aromatic carbocycles. The van der Waals surface area contributed by atoms with Gasteiger partial charge in [-0.15, -0.1) is 0 Å². The molecule has 0 heterocycles. The van der Waals surface area contributed by atoms with Gasteiger partial charge in [0.25, 0.3) is 0 Å². The van der Waals surface area contributed by atoms with Gasteiger partial charge in [0, 0.05) is 6.42 Å². The van der Waals surface area contributed by atoms with Crippen molar-refractivity contribution in [1.29, 1.82) is 0 Å². The molecule has 0 aliphatic heterocycles. The molecule has 1 N–H and O–H groups in total. The molecule has 0 radical (unpaired) electrons. The van der Waals surface area contributed by atoms with Crippen molar-refractivity contribution in [3.63, 3.8) is 0 Å². The highest BCUT2D eigenvalue weighted by molar-refractivity contribution is 6.32. The highest BCUT2D eigenvalue weighted by Crippen LogP contribution is 1.87. The van der Waals surface area contributed by atoms with E-state index in [9.17, 15) is 9.59 Å². The molecule has 0 rings (SSSR count). The molecular weight excluding hydrogens is 109 g/mol. The van der Waals surface area contributed by atoms with Crippen molar-refractivity contribution in [3.05, 3.63) is 0 Å². The summed E-state index contributed by atoms with van der Waals surface area (Å²) in [6, 6.07) is 0. The molecule has 0 aromatic heterocycles. The molecule has 0 saturated heterocycles. The number of carboxylic acid groups (broad SMARTS) is 1. The number of ketones is 1. The summed E-state index contributed by atoms with van der Waals surface area (Å²) in [7, 11) is 0. The van der Waals surface area contributed by atoms with Crippen molar-refractivity contribution < 1.29 is 14.7 Å². The van der Waals surface area contributed by atoms with E-state index in [0.717, 1.165) is 0 Å². The van der Waals surface area contributed by atoms with Gasteiger partial charge in [0.2, 0.25) is 5.78 Å². The number of aliphatic carboxylic acids is 1. The summed E-state index contributed by atoms with van der Waals surface area (Å²) in [5.41, 5.74) is 0. The normalized spacial score (nSPS) is 8.62. The molecule has 0 fully saturated rings. The van der Waals surface area contributed by atoms with Gasteiger partial charge in [-0.25, -0.2) is 4.79 Å². The molecule has 0 unspecified atom stereocenters. The first kappa shape index (κ1) is 7.14. The van der Waals surface area contributed by atoms with Gasteiger partial charge < -0.3 is 5.11 Å². The largest absolute Gasteiger partial charge is 0.476 e. The van der Waals surface area contributed by atoms with Crippen molar-refractivity contribution in [1.82, 2.24) is 0 Å².